The number of hydrogen-bond acceptors (Lipinski definition) is 2. The zero-order valence-corrected chi connectivity index (χ0v) is 27.9. The molecular formula is C45H39NS. The lowest BCUT2D eigenvalue weighted by molar-refractivity contribution is 0.262. The van der Waals surface area contributed by atoms with E-state index in [9.17, 15) is 0 Å². The van der Waals surface area contributed by atoms with Crippen molar-refractivity contribution in [2.75, 3.05) is 11.2 Å². The van der Waals surface area contributed by atoms with Gasteiger partial charge >= 0.3 is 0 Å². The fourth-order valence-electron chi connectivity index (χ4n) is 9.59. The van der Waals surface area contributed by atoms with Crippen molar-refractivity contribution >= 4 is 23.1 Å². The number of para-hydroxylation sites is 1. The summed E-state index contributed by atoms with van der Waals surface area (Å²) in [6, 6.07) is 57.0. The quantitative estimate of drug-likeness (QED) is 0.187. The Bertz CT molecular complexity index is 2060. The molecule has 1 nitrogen and oxygen atoms in total. The number of hydrogen-bond donors (Lipinski definition) is 0. The van der Waals surface area contributed by atoms with E-state index in [-0.39, 0.29) is 10.3 Å². The Morgan fingerprint density at radius 3 is 1.77 bits per heavy atom. The molecule has 1 heterocycles. The Hall–Kier alpha value is -4.53. The third-order valence-electron chi connectivity index (χ3n) is 11.6. The van der Waals surface area contributed by atoms with Crippen LogP contribution in [-0.4, -0.2) is 11.8 Å². The molecule has 0 aromatic heterocycles. The van der Waals surface area contributed by atoms with Gasteiger partial charge in [0.15, 0.2) is 0 Å². The number of thioether (sulfide) groups is 1. The summed E-state index contributed by atoms with van der Waals surface area (Å²) in [6.07, 6.45) is 7.29. The first kappa shape index (κ1) is 28.7. The molecule has 1 saturated carbocycles. The fraction of sp³-hybridized carbons (Fsp3) is 0.200. The first-order chi connectivity index (χ1) is 23.1. The minimum atomic E-state index is -0.395. The first-order valence-corrected chi connectivity index (χ1v) is 18.3. The van der Waals surface area contributed by atoms with Crippen LogP contribution in [0.25, 0.3) is 22.3 Å². The molecule has 2 unspecified atom stereocenters. The highest BCUT2D eigenvalue weighted by Gasteiger charge is 2.60. The summed E-state index contributed by atoms with van der Waals surface area (Å²) in [5.74, 6) is 0. The molecule has 9 rings (SSSR count). The molecule has 6 aromatic carbocycles. The Kier molecular flexibility index (Phi) is 6.56. The molecule has 2 aliphatic carbocycles. The monoisotopic (exact) mass is 625 g/mol. The molecule has 0 radical (unpaired) electrons. The van der Waals surface area contributed by atoms with Crippen molar-refractivity contribution in [3.05, 3.63) is 179 Å². The molecule has 0 N–H and O–H groups in total. The second-order valence-electron chi connectivity index (χ2n) is 13.7. The summed E-state index contributed by atoms with van der Waals surface area (Å²) in [5.41, 5.74) is 14.4. The molecule has 0 amide bonds. The molecule has 1 aliphatic heterocycles. The van der Waals surface area contributed by atoms with Crippen LogP contribution in [0, 0.1) is 0 Å². The molecule has 2 heteroatoms. The first-order valence-electron chi connectivity index (χ1n) is 17.0. The number of fused-ring (bicyclic) bond motifs is 6. The maximum Gasteiger partial charge on any atom is 0.0713 e. The van der Waals surface area contributed by atoms with Crippen LogP contribution in [-0.2, 0) is 10.2 Å². The van der Waals surface area contributed by atoms with Gasteiger partial charge in [-0.25, -0.2) is 0 Å². The van der Waals surface area contributed by atoms with Gasteiger partial charge in [0.25, 0.3) is 0 Å². The number of benzene rings is 6. The van der Waals surface area contributed by atoms with Crippen LogP contribution in [0.1, 0.15) is 60.4 Å². The van der Waals surface area contributed by atoms with Gasteiger partial charge < -0.3 is 4.90 Å². The highest BCUT2D eigenvalue weighted by molar-refractivity contribution is 7.99. The molecule has 1 fully saturated rings. The van der Waals surface area contributed by atoms with E-state index in [1.807, 2.05) is 0 Å². The summed E-state index contributed by atoms with van der Waals surface area (Å²) < 4.78 is 0.0389. The Morgan fingerprint density at radius 2 is 1.09 bits per heavy atom. The van der Waals surface area contributed by atoms with Gasteiger partial charge in [-0.05, 0) is 106 Å². The van der Waals surface area contributed by atoms with Crippen molar-refractivity contribution in [2.24, 2.45) is 0 Å². The van der Waals surface area contributed by atoms with Gasteiger partial charge in [0.05, 0.1) is 15.7 Å². The van der Waals surface area contributed by atoms with Crippen LogP contribution < -0.4 is 4.90 Å². The topological polar surface area (TPSA) is 3.24 Å². The Morgan fingerprint density at radius 1 is 0.532 bits per heavy atom. The fourth-order valence-corrected chi connectivity index (χ4v) is 11.0. The maximum absolute atomic E-state index is 2.68. The average molecular weight is 626 g/mol. The lowest BCUT2D eigenvalue weighted by atomic mass is 9.67. The van der Waals surface area contributed by atoms with E-state index in [0.717, 1.165) is 0 Å². The zero-order chi connectivity index (χ0) is 31.6. The van der Waals surface area contributed by atoms with Gasteiger partial charge in [-0.2, -0.15) is 11.8 Å². The lowest BCUT2D eigenvalue weighted by Crippen LogP contribution is -2.54. The minimum absolute atomic E-state index is 0.0162. The van der Waals surface area contributed by atoms with Gasteiger partial charge in [0, 0.05) is 11.4 Å². The molecule has 2 atom stereocenters. The number of anilines is 2. The molecule has 0 saturated heterocycles. The third-order valence-corrected chi connectivity index (χ3v) is 13.2. The highest BCUT2D eigenvalue weighted by Crippen LogP contribution is 2.65. The van der Waals surface area contributed by atoms with E-state index in [2.05, 4.69) is 182 Å². The molecule has 230 valence electrons. The summed E-state index contributed by atoms with van der Waals surface area (Å²) in [7, 11) is 0. The number of rotatable bonds is 5. The molecule has 3 aliphatic rings. The molecule has 6 aromatic rings. The van der Waals surface area contributed by atoms with E-state index in [0.29, 0.717) is 0 Å². The minimum Gasteiger partial charge on any atom is -0.334 e. The van der Waals surface area contributed by atoms with Crippen molar-refractivity contribution in [3.8, 4) is 22.3 Å². The normalized spacial score (nSPS) is 21.9. The van der Waals surface area contributed by atoms with Crippen LogP contribution in [0.5, 0.6) is 0 Å². The van der Waals surface area contributed by atoms with Crippen molar-refractivity contribution in [3.63, 3.8) is 0 Å². The summed E-state index contributed by atoms with van der Waals surface area (Å²) >= 11 is 2.07. The standard InChI is InChI=1S/C45H39NS/c1-43-28-14-15-29-44(43,47-2)41-31-33(25-27-42(41)46(43)36-20-10-5-11-21-36)32-24-26-38-37-22-12-13-23-39(37)45(40(38)30-32,34-16-6-3-7-17-34)35-18-8-4-9-19-35/h3-13,16-27,30-31H,14-15,28-29H2,1-2H3. The average Bonchev–Trinajstić information content (AvgIpc) is 3.56. The van der Waals surface area contributed by atoms with Crippen molar-refractivity contribution < 1.29 is 0 Å². The smallest absolute Gasteiger partial charge is 0.0713 e. The predicted molar refractivity (Wildman–Crippen MR) is 200 cm³/mol. The SMILES string of the molecule is CSC12CCCCC1(C)N(c1ccccc1)c1ccc(-c3ccc4c(c3)C(c3ccccc3)(c3ccccc3)c3ccccc3-4)cc12. The molecular weight excluding hydrogens is 587 g/mol. The van der Waals surface area contributed by atoms with E-state index in [1.54, 1.807) is 0 Å². The zero-order valence-electron chi connectivity index (χ0n) is 27.1. The molecule has 0 spiro atoms. The van der Waals surface area contributed by atoms with Gasteiger partial charge in [0.2, 0.25) is 0 Å². The Balaban J connectivity index is 1.27. The largest absolute Gasteiger partial charge is 0.334 e. The van der Waals surface area contributed by atoms with Gasteiger partial charge in [0.1, 0.15) is 0 Å². The summed E-state index contributed by atoms with van der Waals surface area (Å²) in [4.78, 5) is 2.68. The van der Waals surface area contributed by atoms with Crippen molar-refractivity contribution in [1.29, 1.82) is 0 Å². The predicted octanol–water partition coefficient (Wildman–Crippen LogP) is 11.8. The molecule has 0 bridgehead atoms. The van der Waals surface area contributed by atoms with Crippen molar-refractivity contribution in [2.45, 2.75) is 48.3 Å². The van der Waals surface area contributed by atoms with Crippen LogP contribution in [0.2, 0.25) is 0 Å². The van der Waals surface area contributed by atoms with Crippen LogP contribution in [0.15, 0.2) is 152 Å². The van der Waals surface area contributed by atoms with Crippen molar-refractivity contribution in [1.82, 2.24) is 0 Å². The van der Waals surface area contributed by atoms with Gasteiger partial charge in [-0.15, -0.1) is 0 Å². The highest BCUT2D eigenvalue weighted by atomic mass is 32.2. The van der Waals surface area contributed by atoms with E-state index in [1.165, 1.54) is 87.1 Å². The van der Waals surface area contributed by atoms with E-state index < -0.39 is 5.41 Å². The van der Waals surface area contributed by atoms with E-state index in [4.69, 9.17) is 0 Å². The lowest BCUT2D eigenvalue weighted by Gasteiger charge is -2.51. The van der Waals surface area contributed by atoms with Crippen LogP contribution in [0.4, 0.5) is 11.4 Å². The van der Waals surface area contributed by atoms with Gasteiger partial charge in [-0.1, -0.05) is 134 Å². The second-order valence-corrected chi connectivity index (χ2v) is 14.8. The third kappa shape index (κ3) is 3.85. The maximum atomic E-state index is 2.68. The van der Waals surface area contributed by atoms with Crippen LogP contribution >= 0.6 is 11.8 Å². The van der Waals surface area contributed by atoms with E-state index >= 15 is 0 Å². The van der Waals surface area contributed by atoms with Gasteiger partial charge in [-0.3, -0.25) is 0 Å². The van der Waals surface area contributed by atoms with Crippen LogP contribution in [0.3, 0.4) is 0 Å². The number of nitrogens with zero attached hydrogens (tertiary/aromatic N) is 1. The summed E-state index contributed by atoms with van der Waals surface area (Å²) in [5, 5.41) is 0. The second kappa shape index (κ2) is 10.8. The Labute approximate surface area is 283 Å². The molecule has 47 heavy (non-hydrogen) atoms. The summed E-state index contributed by atoms with van der Waals surface area (Å²) in [6.45, 7) is 2.52.